The molecular weight excluding hydrogens is 244 g/mol. The second-order valence-corrected chi connectivity index (χ2v) is 5.95. The molecule has 0 saturated carbocycles. The highest BCUT2D eigenvalue weighted by Crippen LogP contribution is 2.20. The number of ether oxygens (including phenoxy) is 1. The van der Waals surface area contributed by atoms with Crippen molar-refractivity contribution in [3.05, 3.63) is 0 Å². The van der Waals surface area contributed by atoms with Crippen LogP contribution >= 0.6 is 0 Å². The number of hydrogen-bond donors (Lipinski definition) is 2. The number of piperidine rings is 1. The average molecular weight is 272 g/mol. The number of nitrogens with two attached hydrogens (primary N) is 1. The number of aliphatic carboxylic acids is 1. The number of unbranched alkanes of at least 4 members (excludes halogenated alkanes) is 1. The first-order valence-corrected chi connectivity index (χ1v) is 7.16. The summed E-state index contributed by atoms with van der Waals surface area (Å²) in [5.41, 5.74) is 4.62. The normalized spacial score (nSPS) is 28.0. The summed E-state index contributed by atoms with van der Waals surface area (Å²) in [4.78, 5) is 13.4. The SMILES string of the molecule is COC1CCN(CCCCC(C)(N)C(=O)O)C(C)C1. The summed E-state index contributed by atoms with van der Waals surface area (Å²) >= 11 is 0. The van der Waals surface area contributed by atoms with Gasteiger partial charge in [0.2, 0.25) is 0 Å². The third kappa shape index (κ3) is 5.09. The van der Waals surface area contributed by atoms with E-state index >= 15 is 0 Å². The molecule has 0 aromatic carbocycles. The van der Waals surface area contributed by atoms with E-state index in [-0.39, 0.29) is 0 Å². The van der Waals surface area contributed by atoms with Crippen LogP contribution in [0.25, 0.3) is 0 Å². The lowest BCUT2D eigenvalue weighted by molar-refractivity contribution is -0.142. The zero-order valence-corrected chi connectivity index (χ0v) is 12.4. The molecule has 0 amide bonds. The minimum Gasteiger partial charge on any atom is -0.480 e. The van der Waals surface area contributed by atoms with Gasteiger partial charge in [0.15, 0.2) is 0 Å². The first-order chi connectivity index (χ1) is 8.86. The van der Waals surface area contributed by atoms with Gasteiger partial charge in [-0.2, -0.15) is 0 Å². The quantitative estimate of drug-likeness (QED) is 0.686. The molecule has 1 aliphatic heterocycles. The zero-order valence-electron chi connectivity index (χ0n) is 12.4. The molecule has 0 aliphatic carbocycles. The number of carboxylic acids is 1. The number of methoxy groups -OCH3 is 1. The Morgan fingerprint density at radius 1 is 1.53 bits per heavy atom. The van der Waals surface area contributed by atoms with E-state index in [9.17, 15) is 4.79 Å². The number of rotatable bonds is 7. The molecular formula is C14H28N2O3. The molecule has 19 heavy (non-hydrogen) atoms. The molecule has 3 unspecified atom stereocenters. The van der Waals surface area contributed by atoms with Crippen molar-refractivity contribution in [3.8, 4) is 0 Å². The fraction of sp³-hybridized carbons (Fsp3) is 0.929. The van der Waals surface area contributed by atoms with Crippen molar-refractivity contribution < 1.29 is 14.6 Å². The van der Waals surface area contributed by atoms with E-state index < -0.39 is 11.5 Å². The standard InChI is InChI=1S/C14H28N2O3/c1-11-10-12(19-3)6-9-16(11)8-5-4-7-14(2,15)13(17)18/h11-12H,4-10,15H2,1-3H3,(H,17,18). The third-order valence-electron chi connectivity index (χ3n) is 4.18. The Labute approximate surface area is 116 Å². The molecule has 112 valence electrons. The smallest absolute Gasteiger partial charge is 0.323 e. The minimum absolute atomic E-state index is 0.394. The molecule has 0 spiro atoms. The van der Waals surface area contributed by atoms with E-state index in [0.29, 0.717) is 18.6 Å². The Hall–Kier alpha value is -0.650. The Balaban J connectivity index is 2.21. The summed E-state index contributed by atoms with van der Waals surface area (Å²) in [6.45, 7) is 5.91. The van der Waals surface area contributed by atoms with Crippen LogP contribution in [0.4, 0.5) is 0 Å². The van der Waals surface area contributed by atoms with Gasteiger partial charge < -0.3 is 20.5 Å². The molecule has 0 aromatic rings. The van der Waals surface area contributed by atoms with Crippen molar-refractivity contribution in [1.29, 1.82) is 0 Å². The highest BCUT2D eigenvalue weighted by Gasteiger charge is 2.28. The van der Waals surface area contributed by atoms with E-state index in [1.807, 2.05) is 0 Å². The summed E-state index contributed by atoms with van der Waals surface area (Å²) in [7, 11) is 1.78. The van der Waals surface area contributed by atoms with Crippen LogP contribution in [-0.4, -0.2) is 53.9 Å². The molecule has 5 nitrogen and oxygen atoms in total. The second kappa shape index (κ2) is 7.22. The first kappa shape index (κ1) is 16.4. The summed E-state index contributed by atoms with van der Waals surface area (Å²) in [5, 5.41) is 8.94. The number of nitrogens with zero attached hydrogens (tertiary/aromatic N) is 1. The molecule has 1 saturated heterocycles. The van der Waals surface area contributed by atoms with Crippen molar-refractivity contribution in [2.75, 3.05) is 20.2 Å². The zero-order chi connectivity index (χ0) is 14.5. The Morgan fingerprint density at radius 3 is 2.74 bits per heavy atom. The Kier molecular flexibility index (Phi) is 6.23. The van der Waals surface area contributed by atoms with Gasteiger partial charge in [-0.05, 0) is 52.5 Å². The fourth-order valence-electron chi connectivity index (χ4n) is 2.64. The molecule has 1 fully saturated rings. The van der Waals surface area contributed by atoms with Crippen LogP contribution in [0.5, 0.6) is 0 Å². The molecule has 5 heteroatoms. The van der Waals surface area contributed by atoms with Gasteiger partial charge >= 0.3 is 5.97 Å². The van der Waals surface area contributed by atoms with Gasteiger partial charge in [0.1, 0.15) is 5.54 Å². The van der Waals surface area contributed by atoms with Crippen LogP contribution in [0.2, 0.25) is 0 Å². The maximum Gasteiger partial charge on any atom is 0.323 e. The largest absolute Gasteiger partial charge is 0.480 e. The monoisotopic (exact) mass is 272 g/mol. The van der Waals surface area contributed by atoms with Crippen molar-refractivity contribution in [2.24, 2.45) is 5.73 Å². The van der Waals surface area contributed by atoms with Crippen molar-refractivity contribution in [1.82, 2.24) is 4.90 Å². The Morgan fingerprint density at radius 2 is 2.21 bits per heavy atom. The summed E-state index contributed by atoms with van der Waals surface area (Å²) < 4.78 is 5.40. The predicted molar refractivity (Wildman–Crippen MR) is 75.1 cm³/mol. The van der Waals surface area contributed by atoms with Gasteiger partial charge in [-0.25, -0.2) is 0 Å². The van der Waals surface area contributed by atoms with Crippen molar-refractivity contribution >= 4 is 5.97 Å². The van der Waals surface area contributed by atoms with E-state index in [4.69, 9.17) is 15.6 Å². The Bertz CT molecular complexity index is 294. The molecule has 1 rings (SSSR count). The topological polar surface area (TPSA) is 75.8 Å². The van der Waals surface area contributed by atoms with Gasteiger partial charge in [-0.1, -0.05) is 0 Å². The molecule has 3 N–H and O–H groups in total. The van der Waals surface area contributed by atoms with Crippen LogP contribution in [0.3, 0.4) is 0 Å². The van der Waals surface area contributed by atoms with E-state index in [2.05, 4.69) is 11.8 Å². The fourth-order valence-corrected chi connectivity index (χ4v) is 2.64. The van der Waals surface area contributed by atoms with Crippen LogP contribution in [-0.2, 0) is 9.53 Å². The van der Waals surface area contributed by atoms with Crippen LogP contribution < -0.4 is 5.73 Å². The van der Waals surface area contributed by atoms with Gasteiger partial charge in [0.25, 0.3) is 0 Å². The van der Waals surface area contributed by atoms with Crippen molar-refractivity contribution in [3.63, 3.8) is 0 Å². The van der Waals surface area contributed by atoms with E-state index in [1.54, 1.807) is 14.0 Å². The first-order valence-electron chi connectivity index (χ1n) is 7.16. The van der Waals surface area contributed by atoms with Crippen LogP contribution in [0, 0.1) is 0 Å². The van der Waals surface area contributed by atoms with Crippen LogP contribution in [0.1, 0.15) is 46.0 Å². The number of carbonyl (C=O) groups is 1. The van der Waals surface area contributed by atoms with Gasteiger partial charge in [-0.15, -0.1) is 0 Å². The minimum atomic E-state index is -1.09. The van der Waals surface area contributed by atoms with Crippen molar-refractivity contribution in [2.45, 2.75) is 63.6 Å². The number of carboxylic acid groups (broad SMARTS) is 1. The summed E-state index contributed by atoms with van der Waals surface area (Å²) in [6, 6.07) is 0.544. The lowest BCUT2D eigenvalue weighted by atomic mass is 9.95. The number of hydrogen-bond acceptors (Lipinski definition) is 4. The van der Waals surface area contributed by atoms with Gasteiger partial charge in [-0.3, -0.25) is 4.79 Å². The molecule has 0 radical (unpaired) electrons. The average Bonchev–Trinajstić information content (AvgIpc) is 2.35. The van der Waals surface area contributed by atoms with E-state index in [0.717, 1.165) is 38.8 Å². The van der Waals surface area contributed by atoms with E-state index in [1.165, 1.54) is 0 Å². The highest BCUT2D eigenvalue weighted by molar-refractivity contribution is 5.77. The molecule has 0 bridgehead atoms. The maximum atomic E-state index is 10.9. The number of likely N-dealkylation sites (tertiary alicyclic amines) is 1. The second-order valence-electron chi connectivity index (χ2n) is 5.95. The summed E-state index contributed by atoms with van der Waals surface area (Å²) in [5.74, 6) is -0.915. The molecule has 3 atom stereocenters. The molecule has 1 heterocycles. The lowest BCUT2D eigenvalue weighted by Gasteiger charge is -2.37. The van der Waals surface area contributed by atoms with Crippen LogP contribution in [0.15, 0.2) is 0 Å². The van der Waals surface area contributed by atoms with Gasteiger partial charge in [0, 0.05) is 19.7 Å². The van der Waals surface area contributed by atoms with Gasteiger partial charge in [0.05, 0.1) is 6.10 Å². The third-order valence-corrected chi connectivity index (χ3v) is 4.18. The molecule has 1 aliphatic rings. The molecule has 0 aromatic heterocycles. The summed E-state index contributed by atoms with van der Waals surface area (Å²) in [6.07, 6.45) is 4.96. The highest BCUT2D eigenvalue weighted by atomic mass is 16.5. The maximum absolute atomic E-state index is 10.9. The lowest BCUT2D eigenvalue weighted by Crippen LogP contribution is -2.45. The predicted octanol–water partition coefficient (Wildman–Crippen LogP) is 1.46.